The first-order chi connectivity index (χ1) is 9.98. The molecule has 0 saturated heterocycles. The lowest BCUT2D eigenvalue weighted by molar-refractivity contribution is 0.0894. The van der Waals surface area contributed by atoms with Crippen molar-refractivity contribution in [3.8, 4) is 0 Å². The molecule has 2 rings (SSSR count). The number of nitrogens with two attached hydrogens (primary N) is 1. The highest BCUT2D eigenvalue weighted by Crippen LogP contribution is 2.34. The molecule has 1 fully saturated rings. The van der Waals surface area contributed by atoms with E-state index < -0.39 is 17.3 Å². The van der Waals surface area contributed by atoms with Gasteiger partial charge in [0, 0.05) is 6.20 Å². The summed E-state index contributed by atoms with van der Waals surface area (Å²) in [6.45, 7) is 2.16. The van der Waals surface area contributed by atoms with Gasteiger partial charge in [0.05, 0.1) is 22.3 Å². The van der Waals surface area contributed by atoms with Gasteiger partial charge in [0.25, 0.3) is 5.91 Å². The summed E-state index contributed by atoms with van der Waals surface area (Å²) in [6, 6.07) is 1.36. The van der Waals surface area contributed by atoms with Crippen LogP contribution in [0.5, 0.6) is 0 Å². The average molecular weight is 309 g/mol. The second-order valence-corrected chi connectivity index (χ2v) is 6.05. The number of nitrogens with zero attached hydrogens (tertiary/aromatic N) is 1. The predicted octanol–water partition coefficient (Wildman–Crippen LogP) is 2.58. The van der Waals surface area contributed by atoms with E-state index in [-0.39, 0.29) is 10.6 Å². The van der Waals surface area contributed by atoms with Crippen molar-refractivity contribution >= 4 is 23.1 Å². The van der Waals surface area contributed by atoms with Gasteiger partial charge in [0.15, 0.2) is 5.82 Å². The van der Waals surface area contributed by atoms with Crippen LogP contribution >= 0.6 is 12.2 Å². The van der Waals surface area contributed by atoms with Crippen molar-refractivity contribution < 1.29 is 9.18 Å². The molecule has 1 aromatic heterocycles. The third-order valence-corrected chi connectivity index (χ3v) is 4.77. The maximum Gasteiger partial charge on any atom is 0.255 e. The Labute approximate surface area is 129 Å². The number of nitrogens with one attached hydrogen (secondary N) is 1. The Hall–Kier alpha value is -1.56. The number of rotatable bonds is 4. The molecule has 0 atom stereocenters. The average Bonchev–Trinajstić information content (AvgIpc) is 2.48. The highest BCUT2D eigenvalue weighted by atomic mass is 32.1. The Kier molecular flexibility index (Phi) is 4.88. The quantitative estimate of drug-likeness (QED) is 0.839. The van der Waals surface area contributed by atoms with Gasteiger partial charge in [-0.25, -0.2) is 4.39 Å². The van der Waals surface area contributed by atoms with Gasteiger partial charge in [-0.1, -0.05) is 25.6 Å². The van der Waals surface area contributed by atoms with Gasteiger partial charge in [0.2, 0.25) is 0 Å². The smallest absolute Gasteiger partial charge is 0.255 e. The number of pyridine rings is 1. The molecule has 1 aliphatic carbocycles. The summed E-state index contributed by atoms with van der Waals surface area (Å²) in [5.74, 6) is -0.491. The minimum Gasteiger partial charge on any atom is -0.391 e. The molecule has 6 heteroatoms. The molecule has 0 aromatic carbocycles. The lowest BCUT2D eigenvalue weighted by Crippen LogP contribution is -2.58. The van der Waals surface area contributed by atoms with E-state index in [0.717, 1.165) is 25.5 Å². The van der Waals surface area contributed by atoms with Crippen molar-refractivity contribution in [2.24, 2.45) is 11.7 Å². The predicted molar refractivity (Wildman–Crippen MR) is 83.4 cm³/mol. The van der Waals surface area contributed by atoms with Gasteiger partial charge in [-0.15, -0.1) is 0 Å². The van der Waals surface area contributed by atoms with Crippen LogP contribution in [0.1, 0.15) is 49.4 Å². The van der Waals surface area contributed by atoms with E-state index in [1.807, 2.05) is 0 Å². The molecule has 1 amide bonds. The largest absolute Gasteiger partial charge is 0.391 e. The zero-order valence-corrected chi connectivity index (χ0v) is 12.9. The van der Waals surface area contributed by atoms with E-state index in [4.69, 9.17) is 18.0 Å². The van der Waals surface area contributed by atoms with Crippen LogP contribution in [0.3, 0.4) is 0 Å². The molecular formula is C15H20FN3OS. The number of carbonyl (C=O) groups is 1. The number of carbonyl (C=O) groups excluding carboxylic acids is 1. The van der Waals surface area contributed by atoms with Crippen LogP contribution in [0.25, 0.3) is 0 Å². The van der Waals surface area contributed by atoms with E-state index in [2.05, 4.69) is 17.2 Å². The molecule has 0 unspecified atom stereocenters. The fourth-order valence-electron chi connectivity index (χ4n) is 2.86. The standard InChI is InChI=1S/C15H20FN3OS/c1-2-10-3-6-15(7-4-10,14(17)21)19-13(20)11-5-8-18-9-12(11)16/h5,8-10H,2-4,6-7H2,1H3,(H2,17,21)(H,19,20). The molecule has 0 bridgehead atoms. The highest BCUT2D eigenvalue weighted by molar-refractivity contribution is 7.80. The van der Waals surface area contributed by atoms with Crippen LogP contribution in [-0.2, 0) is 0 Å². The zero-order valence-electron chi connectivity index (χ0n) is 12.1. The maximum absolute atomic E-state index is 13.6. The number of amides is 1. The Morgan fingerprint density at radius 2 is 2.24 bits per heavy atom. The van der Waals surface area contributed by atoms with Crippen molar-refractivity contribution in [2.75, 3.05) is 0 Å². The lowest BCUT2D eigenvalue weighted by Gasteiger charge is -2.40. The molecule has 1 aromatic rings. The molecule has 1 heterocycles. The summed E-state index contributed by atoms with van der Waals surface area (Å²) >= 11 is 5.16. The van der Waals surface area contributed by atoms with Crippen molar-refractivity contribution in [3.63, 3.8) is 0 Å². The fourth-order valence-corrected chi connectivity index (χ4v) is 3.11. The van der Waals surface area contributed by atoms with Crippen LogP contribution in [0.2, 0.25) is 0 Å². The van der Waals surface area contributed by atoms with Crippen LogP contribution in [0.4, 0.5) is 4.39 Å². The van der Waals surface area contributed by atoms with Crippen LogP contribution in [-0.4, -0.2) is 21.4 Å². The van der Waals surface area contributed by atoms with Crippen LogP contribution < -0.4 is 11.1 Å². The molecule has 0 radical (unpaired) electrons. The molecule has 114 valence electrons. The Bertz CT molecular complexity index is 541. The first-order valence-corrected chi connectivity index (χ1v) is 7.61. The van der Waals surface area contributed by atoms with Gasteiger partial charge in [-0.05, 0) is 37.7 Å². The summed E-state index contributed by atoms with van der Waals surface area (Å²) in [5.41, 5.74) is 5.13. The maximum atomic E-state index is 13.6. The number of hydrogen-bond donors (Lipinski definition) is 2. The Morgan fingerprint density at radius 3 is 2.76 bits per heavy atom. The first-order valence-electron chi connectivity index (χ1n) is 7.20. The summed E-state index contributed by atoms with van der Waals surface area (Å²) in [6.07, 6.45) is 6.87. The summed E-state index contributed by atoms with van der Waals surface area (Å²) in [7, 11) is 0. The Balaban J connectivity index is 2.16. The normalized spacial score (nSPS) is 25.3. The third kappa shape index (κ3) is 3.37. The number of hydrogen-bond acceptors (Lipinski definition) is 3. The monoisotopic (exact) mass is 309 g/mol. The summed E-state index contributed by atoms with van der Waals surface area (Å²) in [4.78, 5) is 16.2. The molecule has 3 N–H and O–H groups in total. The summed E-state index contributed by atoms with van der Waals surface area (Å²) in [5, 5.41) is 2.86. The lowest BCUT2D eigenvalue weighted by atomic mass is 9.75. The molecule has 21 heavy (non-hydrogen) atoms. The first kappa shape index (κ1) is 15.8. The number of thiocarbonyl (C=S) groups is 1. The Morgan fingerprint density at radius 1 is 1.57 bits per heavy atom. The SMILES string of the molecule is CCC1CCC(NC(=O)c2ccncc2F)(C(N)=S)CC1. The molecule has 4 nitrogen and oxygen atoms in total. The molecule has 1 saturated carbocycles. The van der Waals surface area contributed by atoms with E-state index in [1.54, 1.807) is 0 Å². The van der Waals surface area contributed by atoms with Gasteiger partial charge in [0.1, 0.15) is 0 Å². The zero-order chi connectivity index (χ0) is 15.5. The summed E-state index contributed by atoms with van der Waals surface area (Å²) < 4.78 is 13.6. The molecule has 0 spiro atoms. The minimum absolute atomic E-state index is 0.0294. The van der Waals surface area contributed by atoms with Gasteiger partial charge in [-0.2, -0.15) is 0 Å². The minimum atomic E-state index is -0.701. The second kappa shape index (κ2) is 6.47. The van der Waals surface area contributed by atoms with Crippen molar-refractivity contribution in [1.82, 2.24) is 10.3 Å². The van der Waals surface area contributed by atoms with Gasteiger partial charge in [-0.3, -0.25) is 9.78 Å². The highest BCUT2D eigenvalue weighted by Gasteiger charge is 2.39. The van der Waals surface area contributed by atoms with E-state index in [1.165, 1.54) is 12.3 Å². The van der Waals surface area contributed by atoms with E-state index in [9.17, 15) is 9.18 Å². The van der Waals surface area contributed by atoms with E-state index in [0.29, 0.717) is 18.8 Å². The second-order valence-electron chi connectivity index (χ2n) is 5.61. The van der Waals surface area contributed by atoms with Crippen molar-refractivity contribution in [1.29, 1.82) is 0 Å². The van der Waals surface area contributed by atoms with Crippen molar-refractivity contribution in [3.05, 3.63) is 29.8 Å². The van der Waals surface area contributed by atoms with E-state index >= 15 is 0 Å². The fraction of sp³-hybridized carbons (Fsp3) is 0.533. The van der Waals surface area contributed by atoms with Gasteiger partial charge >= 0.3 is 0 Å². The van der Waals surface area contributed by atoms with Crippen molar-refractivity contribution in [2.45, 2.75) is 44.6 Å². The number of aromatic nitrogens is 1. The van der Waals surface area contributed by atoms with Crippen LogP contribution in [0, 0.1) is 11.7 Å². The van der Waals surface area contributed by atoms with Crippen LogP contribution in [0.15, 0.2) is 18.5 Å². The molecule has 1 aliphatic rings. The van der Waals surface area contributed by atoms with Gasteiger partial charge < -0.3 is 11.1 Å². The molecular weight excluding hydrogens is 289 g/mol. The number of halogens is 1. The third-order valence-electron chi connectivity index (χ3n) is 4.38. The topological polar surface area (TPSA) is 68.0 Å². The molecule has 0 aliphatic heterocycles.